The molecule has 0 atom stereocenters. The molecule has 0 aromatic heterocycles. The normalized spacial score (nSPS) is 11.7. The molecule has 0 heterocycles. The molecule has 0 bridgehead atoms. The molecular formula is C12H18ClNO4S. The van der Waals surface area contributed by atoms with Gasteiger partial charge in [-0.15, -0.1) is 0 Å². The standard InChI is InChI=1S/C12H18ClNO4S/c1-18-7-3-2-6-14-19(16,17)11-4-5-12(13)10(8-11)9-15/h4-5,8,14-15H,2-3,6-7,9H2,1H3. The molecule has 0 aliphatic rings. The number of benzene rings is 1. The van der Waals surface area contributed by atoms with Crippen molar-refractivity contribution in [3.05, 3.63) is 28.8 Å². The maximum Gasteiger partial charge on any atom is 0.240 e. The fourth-order valence-corrected chi connectivity index (χ4v) is 2.80. The smallest absolute Gasteiger partial charge is 0.240 e. The Labute approximate surface area is 118 Å². The summed E-state index contributed by atoms with van der Waals surface area (Å²) in [4.78, 5) is 0.104. The SMILES string of the molecule is COCCCCNS(=O)(=O)c1ccc(Cl)c(CO)c1. The van der Waals surface area contributed by atoms with Crippen molar-refractivity contribution >= 4 is 21.6 Å². The van der Waals surface area contributed by atoms with Crippen LogP contribution in [0.15, 0.2) is 23.1 Å². The Morgan fingerprint density at radius 3 is 2.74 bits per heavy atom. The van der Waals surface area contributed by atoms with Gasteiger partial charge in [-0.2, -0.15) is 0 Å². The van der Waals surface area contributed by atoms with E-state index in [1.807, 2.05) is 0 Å². The van der Waals surface area contributed by atoms with Gasteiger partial charge < -0.3 is 9.84 Å². The lowest BCUT2D eigenvalue weighted by Gasteiger charge is -2.08. The van der Waals surface area contributed by atoms with E-state index in [0.29, 0.717) is 30.2 Å². The van der Waals surface area contributed by atoms with Crippen molar-refractivity contribution in [2.24, 2.45) is 0 Å². The van der Waals surface area contributed by atoms with E-state index >= 15 is 0 Å². The van der Waals surface area contributed by atoms with Gasteiger partial charge in [0.1, 0.15) is 0 Å². The zero-order valence-electron chi connectivity index (χ0n) is 10.7. The second-order valence-electron chi connectivity index (χ2n) is 4.01. The van der Waals surface area contributed by atoms with E-state index < -0.39 is 10.0 Å². The van der Waals surface area contributed by atoms with Gasteiger partial charge in [0.2, 0.25) is 10.0 Å². The van der Waals surface area contributed by atoms with Crippen LogP contribution in [-0.2, 0) is 21.4 Å². The Balaban J connectivity index is 2.67. The van der Waals surface area contributed by atoms with Gasteiger partial charge in [0.25, 0.3) is 0 Å². The molecule has 1 rings (SSSR count). The molecule has 1 aromatic carbocycles. The third-order valence-corrected chi connectivity index (χ3v) is 4.39. The minimum Gasteiger partial charge on any atom is -0.392 e. The zero-order valence-corrected chi connectivity index (χ0v) is 12.3. The van der Waals surface area contributed by atoms with E-state index in [2.05, 4.69) is 4.72 Å². The van der Waals surface area contributed by atoms with Gasteiger partial charge in [-0.3, -0.25) is 0 Å². The molecular weight excluding hydrogens is 290 g/mol. The predicted octanol–water partition coefficient (Wildman–Crippen LogP) is 1.54. The first-order chi connectivity index (χ1) is 9.01. The molecule has 0 unspecified atom stereocenters. The third-order valence-electron chi connectivity index (χ3n) is 2.57. The first-order valence-corrected chi connectivity index (χ1v) is 7.75. The molecule has 1 aromatic rings. The second-order valence-corrected chi connectivity index (χ2v) is 6.18. The van der Waals surface area contributed by atoms with Crippen LogP contribution in [0.25, 0.3) is 0 Å². The molecule has 5 nitrogen and oxygen atoms in total. The first-order valence-electron chi connectivity index (χ1n) is 5.89. The van der Waals surface area contributed by atoms with Crippen LogP contribution in [0.5, 0.6) is 0 Å². The molecule has 0 saturated heterocycles. The number of hydrogen-bond acceptors (Lipinski definition) is 4. The summed E-state index contributed by atoms with van der Waals surface area (Å²) < 4.78 is 31.3. The van der Waals surface area contributed by atoms with Crippen LogP contribution in [0, 0.1) is 0 Å². The summed E-state index contributed by atoms with van der Waals surface area (Å²) in [6, 6.07) is 4.26. The van der Waals surface area contributed by atoms with E-state index in [9.17, 15) is 8.42 Å². The Morgan fingerprint density at radius 1 is 1.37 bits per heavy atom. The molecule has 0 spiro atoms. The quantitative estimate of drug-likeness (QED) is 0.714. The van der Waals surface area contributed by atoms with Crippen LogP contribution < -0.4 is 4.72 Å². The van der Waals surface area contributed by atoms with Gasteiger partial charge in [-0.1, -0.05) is 11.6 Å². The fourth-order valence-electron chi connectivity index (χ4n) is 1.50. The third kappa shape index (κ3) is 5.08. The zero-order chi connectivity index (χ0) is 14.3. The van der Waals surface area contributed by atoms with Gasteiger partial charge >= 0.3 is 0 Å². The predicted molar refractivity (Wildman–Crippen MR) is 73.7 cm³/mol. The molecule has 0 aliphatic heterocycles. The number of ether oxygens (including phenoxy) is 1. The topological polar surface area (TPSA) is 75.6 Å². The number of halogens is 1. The summed E-state index contributed by atoms with van der Waals surface area (Å²) in [5, 5.41) is 9.42. The highest BCUT2D eigenvalue weighted by atomic mass is 35.5. The molecule has 0 fully saturated rings. The van der Waals surface area contributed by atoms with Crippen molar-refractivity contribution in [3.63, 3.8) is 0 Å². The average molecular weight is 308 g/mol. The van der Waals surface area contributed by atoms with Gasteiger partial charge in [0, 0.05) is 25.3 Å². The lowest BCUT2D eigenvalue weighted by Crippen LogP contribution is -2.25. The van der Waals surface area contributed by atoms with Crippen molar-refractivity contribution in [3.8, 4) is 0 Å². The van der Waals surface area contributed by atoms with Gasteiger partial charge in [-0.05, 0) is 36.6 Å². The van der Waals surface area contributed by atoms with Crippen molar-refractivity contribution in [2.75, 3.05) is 20.3 Å². The summed E-state index contributed by atoms with van der Waals surface area (Å²) >= 11 is 5.82. The molecule has 0 radical (unpaired) electrons. The van der Waals surface area contributed by atoms with Crippen LogP contribution in [0.2, 0.25) is 5.02 Å². The maximum atomic E-state index is 12.0. The number of methoxy groups -OCH3 is 1. The maximum absolute atomic E-state index is 12.0. The number of aliphatic hydroxyl groups excluding tert-OH is 1. The summed E-state index contributed by atoms with van der Waals surface area (Å²) in [5.41, 5.74) is 0.393. The van der Waals surface area contributed by atoms with E-state index in [1.54, 1.807) is 7.11 Å². The van der Waals surface area contributed by atoms with Gasteiger partial charge in [0.05, 0.1) is 11.5 Å². The Bertz CT molecular complexity index is 504. The Kier molecular flexibility index (Phi) is 6.74. The van der Waals surface area contributed by atoms with Crippen LogP contribution in [-0.4, -0.2) is 33.8 Å². The summed E-state index contributed by atoms with van der Waals surface area (Å²) in [6.07, 6.45) is 1.50. The van der Waals surface area contributed by atoms with Crippen molar-refractivity contribution in [1.82, 2.24) is 4.72 Å². The Hall–Kier alpha value is -0.660. The second kappa shape index (κ2) is 7.81. The van der Waals surface area contributed by atoms with E-state index in [4.69, 9.17) is 21.4 Å². The fraction of sp³-hybridized carbons (Fsp3) is 0.500. The minimum absolute atomic E-state index is 0.104. The molecule has 0 aliphatic carbocycles. The molecule has 108 valence electrons. The minimum atomic E-state index is -3.56. The average Bonchev–Trinajstić information content (AvgIpc) is 2.38. The molecule has 0 amide bonds. The Morgan fingerprint density at radius 2 is 2.11 bits per heavy atom. The van der Waals surface area contributed by atoms with Crippen molar-refractivity contribution in [2.45, 2.75) is 24.3 Å². The lowest BCUT2D eigenvalue weighted by molar-refractivity contribution is 0.193. The molecule has 0 saturated carbocycles. The van der Waals surface area contributed by atoms with Crippen LogP contribution in [0.4, 0.5) is 0 Å². The van der Waals surface area contributed by atoms with Crippen molar-refractivity contribution < 1.29 is 18.3 Å². The van der Waals surface area contributed by atoms with Crippen LogP contribution >= 0.6 is 11.6 Å². The van der Waals surface area contributed by atoms with Crippen LogP contribution in [0.3, 0.4) is 0 Å². The number of rotatable bonds is 8. The number of nitrogens with one attached hydrogen (secondary N) is 1. The largest absolute Gasteiger partial charge is 0.392 e. The number of unbranched alkanes of at least 4 members (excludes halogenated alkanes) is 1. The monoisotopic (exact) mass is 307 g/mol. The lowest BCUT2D eigenvalue weighted by atomic mass is 10.2. The highest BCUT2D eigenvalue weighted by molar-refractivity contribution is 7.89. The summed E-state index contributed by atoms with van der Waals surface area (Å²) in [5.74, 6) is 0. The van der Waals surface area contributed by atoms with Crippen molar-refractivity contribution in [1.29, 1.82) is 0 Å². The molecule has 19 heavy (non-hydrogen) atoms. The summed E-state index contributed by atoms with van der Waals surface area (Å²) in [6.45, 7) is 0.663. The molecule has 2 N–H and O–H groups in total. The van der Waals surface area contributed by atoms with Gasteiger partial charge in [-0.25, -0.2) is 13.1 Å². The highest BCUT2D eigenvalue weighted by Crippen LogP contribution is 2.20. The summed E-state index contributed by atoms with van der Waals surface area (Å²) in [7, 11) is -1.95. The van der Waals surface area contributed by atoms with E-state index in [0.717, 1.165) is 6.42 Å². The number of sulfonamides is 1. The van der Waals surface area contributed by atoms with E-state index in [1.165, 1.54) is 18.2 Å². The van der Waals surface area contributed by atoms with Crippen LogP contribution in [0.1, 0.15) is 18.4 Å². The first kappa shape index (κ1) is 16.4. The van der Waals surface area contributed by atoms with Gasteiger partial charge in [0.15, 0.2) is 0 Å². The molecule has 7 heteroatoms. The number of aliphatic hydroxyl groups is 1. The number of hydrogen-bond donors (Lipinski definition) is 2. The van der Waals surface area contributed by atoms with E-state index in [-0.39, 0.29) is 11.5 Å². The highest BCUT2D eigenvalue weighted by Gasteiger charge is 2.14.